The minimum Gasteiger partial charge on any atom is -0.497 e. The molecular weight excluding hydrogens is 352 g/mol. The quantitative estimate of drug-likeness (QED) is 0.884. The van der Waals surface area contributed by atoms with Gasteiger partial charge in [-0.15, -0.1) is 0 Å². The molecule has 148 valence electrons. The smallest absolute Gasteiger partial charge is 0.241 e. The second kappa shape index (κ2) is 7.84. The van der Waals surface area contributed by atoms with E-state index in [1.54, 1.807) is 14.2 Å². The zero-order valence-corrected chi connectivity index (χ0v) is 16.7. The standard InChI is InChI=1S/C23H28N2O3/c1-27-20-11-17(12-21(13-20)28-2)16-25-10-6-5-9-23(25)14-18-7-3-4-8-19(18)15-24-22(23)26/h3-4,7-8,11-13H,5-6,9-10,14-16H2,1-2H3,(H,24,26). The normalized spacial score (nSPS) is 22.3. The first-order valence-electron chi connectivity index (χ1n) is 9.97. The van der Waals surface area contributed by atoms with Gasteiger partial charge in [0.1, 0.15) is 17.0 Å². The summed E-state index contributed by atoms with van der Waals surface area (Å²) in [6.07, 6.45) is 3.83. The lowest BCUT2D eigenvalue weighted by Gasteiger charge is -2.45. The maximum atomic E-state index is 13.3. The predicted octanol–water partition coefficient (Wildman–Crippen LogP) is 3.30. The van der Waals surface area contributed by atoms with Crippen molar-refractivity contribution in [2.24, 2.45) is 0 Å². The number of nitrogens with one attached hydrogen (secondary N) is 1. The van der Waals surface area contributed by atoms with Crippen molar-refractivity contribution < 1.29 is 14.3 Å². The Hall–Kier alpha value is -2.53. The summed E-state index contributed by atoms with van der Waals surface area (Å²) in [7, 11) is 3.33. The Labute approximate surface area is 166 Å². The lowest BCUT2D eigenvalue weighted by Crippen LogP contribution is -2.60. The first-order valence-corrected chi connectivity index (χ1v) is 9.97. The summed E-state index contributed by atoms with van der Waals surface area (Å²) < 4.78 is 10.9. The van der Waals surface area contributed by atoms with Gasteiger partial charge in [-0.1, -0.05) is 24.3 Å². The number of rotatable bonds is 4. The zero-order chi connectivity index (χ0) is 19.6. The molecule has 1 unspecified atom stereocenters. The van der Waals surface area contributed by atoms with Crippen LogP contribution in [0.3, 0.4) is 0 Å². The number of carbonyl (C=O) groups is 1. The average Bonchev–Trinajstić information content (AvgIpc) is 2.87. The molecule has 2 aliphatic heterocycles. The van der Waals surface area contributed by atoms with E-state index in [9.17, 15) is 4.79 Å². The third kappa shape index (κ3) is 3.47. The molecule has 4 rings (SSSR count). The van der Waals surface area contributed by atoms with Gasteiger partial charge in [-0.2, -0.15) is 0 Å². The molecule has 1 spiro atoms. The third-order valence-corrected chi connectivity index (χ3v) is 6.12. The van der Waals surface area contributed by atoms with E-state index >= 15 is 0 Å². The van der Waals surface area contributed by atoms with Crippen molar-refractivity contribution >= 4 is 5.91 Å². The van der Waals surface area contributed by atoms with Gasteiger partial charge >= 0.3 is 0 Å². The number of fused-ring (bicyclic) bond motifs is 1. The number of likely N-dealkylation sites (tertiary alicyclic amines) is 1. The number of benzene rings is 2. The highest BCUT2D eigenvalue weighted by Gasteiger charge is 2.46. The van der Waals surface area contributed by atoms with Crippen molar-refractivity contribution in [1.82, 2.24) is 10.2 Å². The van der Waals surface area contributed by atoms with Crippen LogP contribution in [0.4, 0.5) is 0 Å². The number of hydrogen-bond donors (Lipinski definition) is 1. The van der Waals surface area contributed by atoms with Crippen LogP contribution in [0.1, 0.15) is 36.0 Å². The maximum Gasteiger partial charge on any atom is 0.241 e. The van der Waals surface area contributed by atoms with E-state index < -0.39 is 5.54 Å². The summed E-state index contributed by atoms with van der Waals surface area (Å²) in [5.74, 6) is 1.70. The largest absolute Gasteiger partial charge is 0.497 e. The molecule has 1 atom stereocenters. The molecule has 0 bridgehead atoms. The van der Waals surface area contributed by atoms with E-state index in [2.05, 4.69) is 28.4 Å². The topological polar surface area (TPSA) is 50.8 Å². The van der Waals surface area contributed by atoms with Crippen LogP contribution in [0, 0.1) is 0 Å². The van der Waals surface area contributed by atoms with E-state index in [1.165, 1.54) is 11.1 Å². The highest BCUT2D eigenvalue weighted by molar-refractivity contribution is 5.87. The number of amides is 1. The van der Waals surface area contributed by atoms with E-state index in [1.807, 2.05) is 24.3 Å². The van der Waals surface area contributed by atoms with Crippen molar-refractivity contribution in [1.29, 1.82) is 0 Å². The molecule has 0 aromatic heterocycles. The number of carbonyl (C=O) groups excluding carboxylic acids is 1. The van der Waals surface area contributed by atoms with Crippen LogP contribution in [-0.4, -0.2) is 37.1 Å². The molecular formula is C23H28N2O3. The van der Waals surface area contributed by atoms with Gasteiger partial charge < -0.3 is 14.8 Å². The third-order valence-electron chi connectivity index (χ3n) is 6.12. The molecule has 0 saturated carbocycles. The van der Waals surface area contributed by atoms with Gasteiger partial charge in [0.05, 0.1) is 14.2 Å². The van der Waals surface area contributed by atoms with Crippen molar-refractivity contribution in [3.8, 4) is 11.5 Å². The Morgan fingerprint density at radius 1 is 1.04 bits per heavy atom. The molecule has 2 heterocycles. The fourth-order valence-corrected chi connectivity index (χ4v) is 4.60. The summed E-state index contributed by atoms with van der Waals surface area (Å²) in [5.41, 5.74) is 3.10. The predicted molar refractivity (Wildman–Crippen MR) is 109 cm³/mol. The van der Waals surface area contributed by atoms with Crippen LogP contribution < -0.4 is 14.8 Å². The number of ether oxygens (including phenoxy) is 2. The van der Waals surface area contributed by atoms with Gasteiger partial charge in [-0.25, -0.2) is 0 Å². The average molecular weight is 380 g/mol. The van der Waals surface area contributed by atoms with Crippen LogP contribution in [0.15, 0.2) is 42.5 Å². The van der Waals surface area contributed by atoms with Crippen LogP contribution in [0.2, 0.25) is 0 Å². The highest BCUT2D eigenvalue weighted by atomic mass is 16.5. The minimum atomic E-state index is -0.499. The number of nitrogens with zero attached hydrogens (tertiary/aromatic N) is 1. The molecule has 28 heavy (non-hydrogen) atoms. The molecule has 2 aliphatic rings. The molecule has 5 heteroatoms. The monoisotopic (exact) mass is 380 g/mol. The number of piperidine rings is 1. The van der Waals surface area contributed by atoms with Gasteiger partial charge in [0, 0.05) is 25.6 Å². The molecule has 0 radical (unpaired) electrons. The van der Waals surface area contributed by atoms with E-state index in [0.29, 0.717) is 13.1 Å². The molecule has 1 N–H and O–H groups in total. The zero-order valence-electron chi connectivity index (χ0n) is 16.7. The Bertz CT molecular complexity index is 844. The van der Waals surface area contributed by atoms with Gasteiger partial charge in [0.25, 0.3) is 0 Å². The van der Waals surface area contributed by atoms with Gasteiger partial charge in [-0.3, -0.25) is 9.69 Å². The Morgan fingerprint density at radius 3 is 2.46 bits per heavy atom. The van der Waals surface area contributed by atoms with Crippen LogP contribution in [0.25, 0.3) is 0 Å². The maximum absolute atomic E-state index is 13.3. The van der Waals surface area contributed by atoms with E-state index in [-0.39, 0.29) is 5.91 Å². The molecule has 5 nitrogen and oxygen atoms in total. The fraction of sp³-hybridized carbons (Fsp3) is 0.435. The summed E-state index contributed by atoms with van der Waals surface area (Å²) >= 11 is 0. The van der Waals surface area contributed by atoms with Crippen LogP contribution >= 0.6 is 0 Å². The summed E-state index contributed by atoms with van der Waals surface area (Å²) in [6.45, 7) is 2.22. The lowest BCUT2D eigenvalue weighted by atomic mass is 9.80. The summed E-state index contributed by atoms with van der Waals surface area (Å²) in [5, 5.41) is 3.19. The molecule has 0 aliphatic carbocycles. The number of hydrogen-bond acceptors (Lipinski definition) is 4. The first kappa shape index (κ1) is 18.8. The molecule has 1 amide bonds. The molecule has 1 saturated heterocycles. The van der Waals surface area contributed by atoms with Crippen LogP contribution in [0.5, 0.6) is 11.5 Å². The van der Waals surface area contributed by atoms with Gasteiger partial charge in [0.2, 0.25) is 5.91 Å². The molecule has 2 aromatic carbocycles. The second-order valence-electron chi connectivity index (χ2n) is 7.76. The first-order chi connectivity index (χ1) is 13.6. The fourth-order valence-electron chi connectivity index (χ4n) is 4.60. The molecule has 1 fully saturated rings. The minimum absolute atomic E-state index is 0.151. The summed E-state index contributed by atoms with van der Waals surface area (Å²) in [6, 6.07) is 14.4. The molecule has 2 aromatic rings. The van der Waals surface area contributed by atoms with Gasteiger partial charge in [-0.05, 0) is 54.6 Å². The number of methoxy groups -OCH3 is 2. The van der Waals surface area contributed by atoms with E-state index in [0.717, 1.165) is 49.3 Å². The Morgan fingerprint density at radius 2 is 1.75 bits per heavy atom. The second-order valence-corrected chi connectivity index (χ2v) is 7.76. The Kier molecular flexibility index (Phi) is 5.27. The summed E-state index contributed by atoms with van der Waals surface area (Å²) in [4.78, 5) is 15.7. The Balaban J connectivity index is 1.69. The SMILES string of the molecule is COc1cc(CN2CCCCC23Cc2ccccc2CNC3=O)cc(OC)c1. The van der Waals surface area contributed by atoms with Crippen LogP contribution in [-0.2, 0) is 24.3 Å². The van der Waals surface area contributed by atoms with Gasteiger partial charge in [0.15, 0.2) is 0 Å². The highest BCUT2D eigenvalue weighted by Crippen LogP contribution is 2.36. The van der Waals surface area contributed by atoms with Crippen molar-refractivity contribution in [2.75, 3.05) is 20.8 Å². The van der Waals surface area contributed by atoms with E-state index in [4.69, 9.17) is 9.47 Å². The van der Waals surface area contributed by atoms with Crippen molar-refractivity contribution in [3.63, 3.8) is 0 Å². The van der Waals surface area contributed by atoms with Crippen molar-refractivity contribution in [3.05, 3.63) is 59.2 Å². The lowest BCUT2D eigenvalue weighted by molar-refractivity contribution is -0.136. The van der Waals surface area contributed by atoms with Crippen molar-refractivity contribution in [2.45, 2.75) is 44.3 Å².